The SMILES string of the molecule is c1ccc(N2B(c3cccnc3)c3cnccc3-c3ccccc32)cc1. The molecular formula is C22H16BN3. The number of anilines is 2. The van der Waals surface area contributed by atoms with E-state index in [9.17, 15) is 0 Å². The van der Waals surface area contributed by atoms with Crippen molar-refractivity contribution in [1.29, 1.82) is 0 Å². The van der Waals surface area contributed by atoms with Gasteiger partial charge in [-0.2, -0.15) is 0 Å². The molecule has 0 radical (unpaired) electrons. The van der Waals surface area contributed by atoms with Crippen LogP contribution in [0.3, 0.4) is 0 Å². The van der Waals surface area contributed by atoms with E-state index in [1.807, 2.05) is 36.9 Å². The molecule has 0 bridgehead atoms. The van der Waals surface area contributed by atoms with Crippen LogP contribution in [0, 0.1) is 0 Å². The zero-order valence-corrected chi connectivity index (χ0v) is 14.2. The van der Waals surface area contributed by atoms with Gasteiger partial charge in [0.1, 0.15) is 0 Å². The Kier molecular flexibility index (Phi) is 3.53. The van der Waals surface area contributed by atoms with E-state index < -0.39 is 0 Å². The molecule has 0 spiro atoms. The summed E-state index contributed by atoms with van der Waals surface area (Å²) in [7, 11) is 0. The van der Waals surface area contributed by atoms with Gasteiger partial charge in [-0.05, 0) is 46.8 Å². The third kappa shape index (κ3) is 2.31. The molecule has 3 nitrogen and oxygen atoms in total. The summed E-state index contributed by atoms with van der Waals surface area (Å²) < 4.78 is 0. The van der Waals surface area contributed by atoms with Gasteiger partial charge in [-0.1, -0.05) is 42.5 Å². The van der Waals surface area contributed by atoms with E-state index in [1.54, 1.807) is 0 Å². The molecule has 1 aliphatic rings. The summed E-state index contributed by atoms with van der Waals surface area (Å²) >= 11 is 0. The normalized spacial score (nSPS) is 12.5. The van der Waals surface area contributed by atoms with Crippen LogP contribution in [0.2, 0.25) is 0 Å². The quantitative estimate of drug-likeness (QED) is 0.527. The summed E-state index contributed by atoms with van der Waals surface area (Å²) in [6, 6.07) is 25.3. The first-order chi connectivity index (χ1) is 12.9. The van der Waals surface area contributed by atoms with Crippen LogP contribution in [0.5, 0.6) is 0 Å². The van der Waals surface area contributed by atoms with E-state index in [4.69, 9.17) is 0 Å². The molecule has 0 saturated heterocycles. The summed E-state index contributed by atoms with van der Waals surface area (Å²) in [6.45, 7) is 0.0321. The van der Waals surface area contributed by atoms with Gasteiger partial charge in [-0.3, -0.25) is 9.97 Å². The molecule has 2 aromatic carbocycles. The van der Waals surface area contributed by atoms with E-state index >= 15 is 0 Å². The van der Waals surface area contributed by atoms with Gasteiger partial charge in [0.05, 0.1) is 0 Å². The predicted octanol–water partition coefficient (Wildman–Crippen LogP) is 3.40. The maximum atomic E-state index is 4.43. The molecule has 3 heterocycles. The predicted molar refractivity (Wildman–Crippen MR) is 108 cm³/mol. The first kappa shape index (κ1) is 14.9. The highest BCUT2D eigenvalue weighted by Gasteiger charge is 2.37. The molecule has 0 saturated carbocycles. The molecule has 0 N–H and O–H groups in total. The van der Waals surface area contributed by atoms with Crippen LogP contribution in [0.4, 0.5) is 11.4 Å². The molecule has 0 aliphatic carbocycles. The fourth-order valence-corrected chi connectivity index (χ4v) is 3.80. The first-order valence-electron chi connectivity index (χ1n) is 8.71. The topological polar surface area (TPSA) is 29.0 Å². The maximum Gasteiger partial charge on any atom is 0.331 e. The van der Waals surface area contributed by atoms with Gasteiger partial charge < -0.3 is 4.81 Å². The van der Waals surface area contributed by atoms with Gasteiger partial charge in [0.2, 0.25) is 0 Å². The zero-order valence-electron chi connectivity index (χ0n) is 14.2. The van der Waals surface area contributed by atoms with Crippen molar-refractivity contribution in [1.82, 2.24) is 9.97 Å². The Morgan fingerprint density at radius 3 is 2.31 bits per heavy atom. The van der Waals surface area contributed by atoms with Crippen LogP contribution in [0.1, 0.15) is 0 Å². The second kappa shape index (κ2) is 6.15. The second-order valence-corrected chi connectivity index (χ2v) is 6.37. The molecule has 2 aromatic heterocycles. The van der Waals surface area contributed by atoms with E-state index in [1.165, 1.54) is 22.3 Å². The Hall–Kier alpha value is -3.40. The lowest BCUT2D eigenvalue weighted by Crippen LogP contribution is -2.57. The maximum absolute atomic E-state index is 4.43. The number of aromatic nitrogens is 2. The van der Waals surface area contributed by atoms with Crippen molar-refractivity contribution in [3.63, 3.8) is 0 Å². The number of rotatable bonds is 2. The Balaban J connectivity index is 1.83. The highest BCUT2D eigenvalue weighted by atomic mass is 15.1. The lowest BCUT2D eigenvalue weighted by molar-refractivity contribution is 1.30. The van der Waals surface area contributed by atoms with Crippen molar-refractivity contribution >= 4 is 29.1 Å². The highest BCUT2D eigenvalue weighted by Crippen LogP contribution is 2.38. The lowest BCUT2D eigenvalue weighted by atomic mass is 9.46. The number of benzene rings is 2. The van der Waals surface area contributed by atoms with Crippen molar-refractivity contribution in [3.05, 3.63) is 97.6 Å². The Morgan fingerprint density at radius 1 is 0.654 bits per heavy atom. The van der Waals surface area contributed by atoms with E-state index in [0.717, 1.165) is 11.2 Å². The van der Waals surface area contributed by atoms with Crippen LogP contribution >= 0.6 is 0 Å². The lowest BCUT2D eigenvalue weighted by Gasteiger charge is -2.38. The van der Waals surface area contributed by atoms with Gasteiger partial charge >= 0.3 is 6.85 Å². The third-order valence-corrected chi connectivity index (χ3v) is 4.89. The first-order valence-corrected chi connectivity index (χ1v) is 8.71. The minimum absolute atomic E-state index is 0.0321. The van der Waals surface area contributed by atoms with E-state index in [0.29, 0.717) is 0 Å². The smallest absolute Gasteiger partial charge is 0.331 e. The van der Waals surface area contributed by atoms with Gasteiger partial charge in [-0.25, -0.2) is 0 Å². The zero-order chi connectivity index (χ0) is 17.3. The summed E-state index contributed by atoms with van der Waals surface area (Å²) in [5.41, 5.74) is 7.17. The van der Waals surface area contributed by atoms with Crippen LogP contribution in [0.15, 0.2) is 97.6 Å². The van der Waals surface area contributed by atoms with Crippen LogP contribution in [0.25, 0.3) is 11.1 Å². The number of pyridine rings is 2. The molecule has 0 fully saturated rings. The second-order valence-electron chi connectivity index (χ2n) is 6.37. The standard InChI is InChI=1S/C22H16BN3/c1-2-8-18(9-3-1)26-22-11-5-4-10-20(22)19-12-14-25-16-21(19)23(26)17-7-6-13-24-15-17/h1-16H. The Bertz CT molecular complexity index is 964. The largest absolute Gasteiger partial charge is 0.376 e. The number of hydrogen-bond acceptors (Lipinski definition) is 3. The fraction of sp³-hybridized carbons (Fsp3) is 0. The van der Waals surface area contributed by atoms with Crippen LogP contribution < -0.4 is 15.7 Å². The minimum atomic E-state index is 0.0321. The Morgan fingerprint density at radius 2 is 1.46 bits per heavy atom. The van der Waals surface area contributed by atoms with Gasteiger partial charge in [0.25, 0.3) is 0 Å². The van der Waals surface area contributed by atoms with Crippen molar-refractivity contribution in [2.45, 2.75) is 0 Å². The molecule has 5 rings (SSSR count). The number of para-hydroxylation sites is 2. The average Bonchev–Trinajstić information content (AvgIpc) is 2.74. The van der Waals surface area contributed by atoms with Crippen molar-refractivity contribution in [2.24, 2.45) is 0 Å². The molecule has 0 amide bonds. The van der Waals surface area contributed by atoms with Crippen molar-refractivity contribution < 1.29 is 0 Å². The fourth-order valence-electron chi connectivity index (χ4n) is 3.80. The summed E-state index contributed by atoms with van der Waals surface area (Å²) in [5.74, 6) is 0. The summed E-state index contributed by atoms with van der Waals surface area (Å²) in [6.07, 6.45) is 7.62. The monoisotopic (exact) mass is 333 g/mol. The van der Waals surface area contributed by atoms with E-state index in [2.05, 4.69) is 75.4 Å². The Labute approximate surface area is 153 Å². The van der Waals surface area contributed by atoms with Gasteiger partial charge in [0, 0.05) is 41.7 Å². The number of hydrogen-bond donors (Lipinski definition) is 0. The molecule has 122 valence electrons. The molecule has 0 unspecified atom stereocenters. The summed E-state index contributed by atoms with van der Waals surface area (Å²) in [5, 5.41) is 0. The van der Waals surface area contributed by atoms with Crippen LogP contribution in [-0.2, 0) is 0 Å². The van der Waals surface area contributed by atoms with Crippen molar-refractivity contribution in [2.75, 3.05) is 4.81 Å². The van der Waals surface area contributed by atoms with Crippen LogP contribution in [-0.4, -0.2) is 16.8 Å². The molecular weight excluding hydrogens is 317 g/mol. The average molecular weight is 333 g/mol. The molecule has 26 heavy (non-hydrogen) atoms. The number of fused-ring (bicyclic) bond motifs is 3. The summed E-state index contributed by atoms with van der Waals surface area (Å²) in [4.78, 5) is 11.2. The van der Waals surface area contributed by atoms with E-state index in [-0.39, 0.29) is 6.85 Å². The number of nitrogens with zero attached hydrogens (tertiary/aromatic N) is 3. The van der Waals surface area contributed by atoms with Gasteiger partial charge in [0.15, 0.2) is 0 Å². The van der Waals surface area contributed by atoms with Gasteiger partial charge in [-0.15, -0.1) is 0 Å². The molecule has 4 aromatic rings. The van der Waals surface area contributed by atoms with Crippen molar-refractivity contribution in [3.8, 4) is 11.1 Å². The molecule has 0 atom stereocenters. The minimum Gasteiger partial charge on any atom is -0.376 e. The third-order valence-electron chi connectivity index (χ3n) is 4.89. The molecule has 1 aliphatic heterocycles. The molecule has 4 heteroatoms. The highest BCUT2D eigenvalue weighted by molar-refractivity contribution is 6.90.